The molecule has 4 aromatic rings. The summed E-state index contributed by atoms with van der Waals surface area (Å²) in [6, 6.07) is 15.7. The van der Waals surface area contributed by atoms with Crippen molar-refractivity contribution in [3.63, 3.8) is 0 Å². The third kappa shape index (κ3) is 3.52. The lowest BCUT2D eigenvalue weighted by Gasteiger charge is -2.11. The van der Waals surface area contributed by atoms with E-state index >= 15 is 0 Å². The topological polar surface area (TPSA) is 98.2 Å². The molecule has 0 bridgehead atoms. The summed E-state index contributed by atoms with van der Waals surface area (Å²) in [7, 11) is 0. The summed E-state index contributed by atoms with van der Waals surface area (Å²) in [6.45, 7) is 2.02. The first kappa shape index (κ1) is 19.2. The minimum atomic E-state index is -0.219. The van der Waals surface area contributed by atoms with Crippen LogP contribution in [0.25, 0.3) is 22.2 Å². The van der Waals surface area contributed by atoms with Crippen LogP contribution in [0.4, 0.5) is 5.82 Å². The standard InChI is InChI=1S/C24H24N6O/c1-15-8-2-3-9-16(15)14-26-30-22(25)20(24(31)27-17-10-4-5-11-17)21-23(30)29-19-13-7-6-12-18(19)28-21/h2-3,6-9,12-14,17H,4-5,10-11,25H2,1H3,(H,27,31)/b26-14-. The number of nitrogen functional groups attached to an aromatic ring is 1. The number of aryl methyl sites for hydroxylation is 1. The molecule has 1 aliphatic rings. The van der Waals surface area contributed by atoms with Crippen LogP contribution in [0.2, 0.25) is 0 Å². The van der Waals surface area contributed by atoms with Gasteiger partial charge in [0.2, 0.25) is 0 Å². The van der Waals surface area contributed by atoms with Gasteiger partial charge in [-0.3, -0.25) is 4.79 Å². The molecule has 0 aliphatic heterocycles. The quantitative estimate of drug-likeness (QED) is 0.495. The zero-order chi connectivity index (χ0) is 21.4. The molecule has 5 rings (SSSR count). The summed E-state index contributed by atoms with van der Waals surface area (Å²) >= 11 is 0. The number of para-hydroxylation sites is 2. The predicted molar refractivity (Wildman–Crippen MR) is 123 cm³/mol. The minimum Gasteiger partial charge on any atom is -0.383 e. The number of amides is 1. The van der Waals surface area contributed by atoms with Crippen molar-refractivity contribution in [1.29, 1.82) is 0 Å². The number of rotatable bonds is 4. The van der Waals surface area contributed by atoms with Crippen LogP contribution in [0.1, 0.15) is 47.2 Å². The Kier molecular flexibility index (Phi) is 4.86. The molecular formula is C24H24N6O. The number of fused-ring (bicyclic) bond motifs is 2. The molecule has 2 aromatic heterocycles. The van der Waals surface area contributed by atoms with E-state index in [2.05, 4.69) is 10.4 Å². The van der Waals surface area contributed by atoms with Gasteiger partial charge in [-0.25, -0.2) is 9.97 Å². The van der Waals surface area contributed by atoms with Gasteiger partial charge in [0.05, 0.1) is 17.2 Å². The summed E-state index contributed by atoms with van der Waals surface area (Å²) in [5.74, 6) is 0.0226. The SMILES string of the molecule is Cc1ccccc1/C=N\n1c(N)c(C(=O)NC2CCCC2)c2nc3ccccc3nc21. The van der Waals surface area contributed by atoms with Crippen molar-refractivity contribution >= 4 is 40.1 Å². The normalized spacial score (nSPS) is 14.7. The highest BCUT2D eigenvalue weighted by Crippen LogP contribution is 2.28. The molecule has 1 fully saturated rings. The van der Waals surface area contributed by atoms with Gasteiger partial charge >= 0.3 is 0 Å². The second-order valence-electron chi connectivity index (χ2n) is 8.01. The van der Waals surface area contributed by atoms with E-state index in [0.717, 1.165) is 42.3 Å². The summed E-state index contributed by atoms with van der Waals surface area (Å²) in [5, 5.41) is 7.71. The molecule has 0 unspecified atom stereocenters. The smallest absolute Gasteiger partial charge is 0.257 e. The van der Waals surface area contributed by atoms with Crippen molar-refractivity contribution in [2.45, 2.75) is 38.6 Å². The Hall–Kier alpha value is -3.74. The number of anilines is 1. The second kappa shape index (κ2) is 7.83. The highest BCUT2D eigenvalue weighted by atomic mass is 16.1. The van der Waals surface area contributed by atoms with Gasteiger partial charge in [0.15, 0.2) is 5.65 Å². The third-order valence-electron chi connectivity index (χ3n) is 5.89. The van der Waals surface area contributed by atoms with Crippen molar-refractivity contribution in [2.75, 3.05) is 5.73 Å². The molecule has 0 spiro atoms. The molecule has 156 valence electrons. The third-order valence-corrected chi connectivity index (χ3v) is 5.89. The van der Waals surface area contributed by atoms with Gasteiger partial charge in [0.1, 0.15) is 16.9 Å². The van der Waals surface area contributed by atoms with Crippen molar-refractivity contribution < 1.29 is 4.79 Å². The second-order valence-corrected chi connectivity index (χ2v) is 8.01. The molecule has 7 heteroatoms. The number of carbonyl (C=O) groups excluding carboxylic acids is 1. The number of hydrogen-bond donors (Lipinski definition) is 2. The van der Waals surface area contributed by atoms with Crippen LogP contribution in [-0.4, -0.2) is 32.8 Å². The number of nitrogens with two attached hydrogens (primary N) is 1. The highest BCUT2D eigenvalue weighted by Gasteiger charge is 2.26. The minimum absolute atomic E-state index is 0.175. The Morgan fingerprint density at radius 3 is 2.52 bits per heavy atom. The van der Waals surface area contributed by atoms with Gasteiger partial charge in [-0.2, -0.15) is 9.78 Å². The average molecular weight is 412 g/mol. The maximum absolute atomic E-state index is 13.2. The summed E-state index contributed by atoms with van der Waals surface area (Å²) in [5.41, 5.74) is 11.2. The largest absolute Gasteiger partial charge is 0.383 e. The lowest BCUT2D eigenvalue weighted by atomic mass is 10.1. The highest BCUT2D eigenvalue weighted by molar-refractivity contribution is 6.10. The Morgan fingerprint density at radius 1 is 1.10 bits per heavy atom. The molecule has 0 saturated heterocycles. The molecule has 31 heavy (non-hydrogen) atoms. The van der Waals surface area contributed by atoms with Gasteiger partial charge < -0.3 is 11.1 Å². The maximum Gasteiger partial charge on any atom is 0.257 e. The molecule has 1 amide bonds. The Bertz CT molecular complexity index is 1320. The fourth-order valence-electron chi connectivity index (χ4n) is 4.17. The van der Waals surface area contributed by atoms with Crippen LogP contribution in [0, 0.1) is 6.92 Å². The summed E-state index contributed by atoms with van der Waals surface area (Å²) in [6.07, 6.45) is 5.98. The van der Waals surface area contributed by atoms with Crippen LogP contribution < -0.4 is 11.1 Å². The number of nitrogens with zero attached hydrogens (tertiary/aromatic N) is 4. The molecular weight excluding hydrogens is 388 g/mol. The molecule has 1 saturated carbocycles. The summed E-state index contributed by atoms with van der Waals surface area (Å²) in [4.78, 5) is 22.7. The predicted octanol–water partition coefficient (Wildman–Crippen LogP) is 4.03. The maximum atomic E-state index is 13.2. The number of carbonyl (C=O) groups is 1. The zero-order valence-corrected chi connectivity index (χ0v) is 17.4. The molecule has 0 atom stereocenters. The van der Waals surface area contributed by atoms with Gasteiger partial charge in [-0.05, 0) is 43.0 Å². The number of hydrogen-bond acceptors (Lipinski definition) is 5. The first-order valence-corrected chi connectivity index (χ1v) is 10.6. The zero-order valence-electron chi connectivity index (χ0n) is 17.4. The lowest BCUT2D eigenvalue weighted by molar-refractivity contribution is 0.0940. The van der Waals surface area contributed by atoms with E-state index in [-0.39, 0.29) is 17.8 Å². The molecule has 0 radical (unpaired) electrons. The van der Waals surface area contributed by atoms with Gasteiger partial charge in [0.25, 0.3) is 5.91 Å². The van der Waals surface area contributed by atoms with E-state index in [9.17, 15) is 4.79 Å². The van der Waals surface area contributed by atoms with Gasteiger partial charge in [0, 0.05) is 6.04 Å². The molecule has 2 aromatic carbocycles. The van der Waals surface area contributed by atoms with Crippen molar-refractivity contribution in [2.24, 2.45) is 5.10 Å². The van der Waals surface area contributed by atoms with Crippen molar-refractivity contribution in [1.82, 2.24) is 20.0 Å². The Balaban J connectivity index is 1.66. The molecule has 3 N–H and O–H groups in total. The van der Waals surface area contributed by atoms with Crippen LogP contribution in [-0.2, 0) is 0 Å². The van der Waals surface area contributed by atoms with E-state index in [1.54, 1.807) is 6.21 Å². The summed E-state index contributed by atoms with van der Waals surface area (Å²) < 4.78 is 1.52. The first-order valence-electron chi connectivity index (χ1n) is 10.6. The number of aromatic nitrogens is 3. The van der Waals surface area contributed by atoms with Crippen LogP contribution in [0.5, 0.6) is 0 Å². The lowest BCUT2D eigenvalue weighted by Crippen LogP contribution is -2.33. The number of benzene rings is 2. The van der Waals surface area contributed by atoms with Gasteiger partial charge in [-0.1, -0.05) is 49.2 Å². The molecule has 7 nitrogen and oxygen atoms in total. The average Bonchev–Trinajstić information content (AvgIpc) is 3.37. The fraction of sp³-hybridized carbons (Fsp3) is 0.250. The Labute approximate surface area is 180 Å². The van der Waals surface area contributed by atoms with Gasteiger partial charge in [-0.15, -0.1) is 0 Å². The van der Waals surface area contributed by atoms with E-state index < -0.39 is 0 Å². The Morgan fingerprint density at radius 2 is 1.77 bits per heavy atom. The van der Waals surface area contributed by atoms with Crippen LogP contribution >= 0.6 is 0 Å². The van der Waals surface area contributed by atoms with E-state index in [1.807, 2.05) is 55.5 Å². The molecule has 2 heterocycles. The monoisotopic (exact) mass is 412 g/mol. The van der Waals surface area contributed by atoms with Crippen LogP contribution in [0.15, 0.2) is 53.6 Å². The van der Waals surface area contributed by atoms with Crippen molar-refractivity contribution in [3.05, 3.63) is 65.2 Å². The van der Waals surface area contributed by atoms with Crippen LogP contribution in [0.3, 0.4) is 0 Å². The van der Waals surface area contributed by atoms with Crippen molar-refractivity contribution in [3.8, 4) is 0 Å². The number of nitrogens with one attached hydrogen (secondary N) is 1. The van der Waals surface area contributed by atoms with E-state index in [4.69, 9.17) is 15.7 Å². The van der Waals surface area contributed by atoms with E-state index in [1.165, 1.54) is 4.68 Å². The fourth-order valence-corrected chi connectivity index (χ4v) is 4.17. The molecule has 1 aliphatic carbocycles. The van der Waals surface area contributed by atoms with E-state index in [0.29, 0.717) is 22.2 Å². The first-order chi connectivity index (χ1) is 15.1.